The first kappa shape index (κ1) is 23.6. The van der Waals surface area contributed by atoms with Crippen LogP contribution in [0.3, 0.4) is 0 Å². The van der Waals surface area contributed by atoms with Crippen molar-refractivity contribution in [3.8, 4) is 22.6 Å². The van der Waals surface area contributed by atoms with Gasteiger partial charge in [-0.1, -0.05) is 47.6 Å². The van der Waals surface area contributed by atoms with Crippen LogP contribution in [0.15, 0.2) is 30.3 Å². The Kier molecular flexibility index (Phi) is 5.51. The van der Waals surface area contributed by atoms with Gasteiger partial charge in [0.05, 0.1) is 11.1 Å². The second-order valence-electron chi connectivity index (χ2n) is 10.8. The van der Waals surface area contributed by atoms with Gasteiger partial charge in [-0.05, 0) is 48.7 Å². The fourth-order valence-corrected chi connectivity index (χ4v) is 11.2. The van der Waals surface area contributed by atoms with Crippen molar-refractivity contribution in [2.75, 3.05) is 7.05 Å². The number of ether oxygens (including phenoxy) is 1. The normalized spacial score (nSPS) is 16.8. The van der Waals surface area contributed by atoms with Gasteiger partial charge in [-0.25, -0.2) is 0 Å². The van der Waals surface area contributed by atoms with Crippen molar-refractivity contribution in [3.05, 3.63) is 47.0 Å². The maximum absolute atomic E-state index is 13.0. The Morgan fingerprint density at radius 3 is 2.00 bits per heavy atom. The third-order valence-electron chi connectivity index (χ3n) is 7.50. The number of imide groups is 1. The highest BCUT2D eigenvalue weighted by molar-refractivity contribution is 6.78. The molecule has 176 valence electrons. The Bertz CT molecular complexity index is 1130. The number of hydrogen-bond donors (Lipinski definition) is 0. The highest BCUT2D eigenvalue weighted by atomic mass is 28.4. The van der Waals surface area contributed by atoms with Crippen LogP contribution in [0.4, 0.5) is 0 Å². The molecule has 0 radical (unpaired) electrons. The molecular formula is C27H35NO4Si. The van der Waals surface area contributed by atoms with Crippen molar-refractivity contribution < 1.29 is 18.8 Å². The van der Waals surface area contributed by atoms with Gasteiger partial charge in [0.1, 0.15) is 17.1 Å². The summed E-state index contributed by atoms with van der Waals surface area (Å²) in [5.74, 6) is 0.974. The van der Waals surface area contributed by atoms with Gasteiger partial charge in [0.25, 0.3) is 20.1 Å². The molecule has 2 amide bonds. The number of rotatable bonds is 5. The molecule has 2 heterocycles. The summed E-state index contributed by atoms with van der Waals surface area (Å²) in [6, 6.07) is 9.61. The minimum absolute atomic E-state index is 0.259. The maximum Gasteiger partial charge on any atom is 0.261 e. The summed E-state index contributed by atoms with van der Waals surface area (Å²) >= 11 is 0. The molecule has 0 atom stereocenters. The standard InChI is InChI=1S/C27H35NO4Si/c1-15(2)33(16(3)4,17(5)6)32-18-10-11-19-22(14-18)31-27(7,8)21-13-12-20-24(23(19)21)26(30)28(9)25(20)29/h10-17H,1-9H3. The summed E-state index contributed by atoms with van der Waals surface area (Å²) in [7, 11) is -0.593. The van der Waals surface area contributed by atoms with E-state index in [4.69, 9.17) is 9.16 Å². The molecule has 0 N–H and O–H groups in total. The van der Waals surface area contributed by atoms with Crippen LogP contribution in [-0.4, -0.2) is 32.1 Å². The van der Waals surface area contributed by atoms with Gasteiger partial charge < -0.3 is 9.16 Å². The molecule has 2 aliphatic rings. The number of amides is 2. The molecule has 6 heteroatoms. The lowest BCUT2D eigenvalue weighted by molar-refractivity contribution is 0.0693. The van der Waals surface area contributed by atoms with Crippen molar-refractivity contribution in [1.29, 1.82) is 0 Å². The molecule has 0 saturated carbocycles. The number of fused-ring (bicyclic) bond motifs is 5. The van der Waals surface area contributed by atoms with E-state index >= 15 is 0 Å². The number of benzene rings is 2. The summed E-state index contributed by atoms with van der Waals surface area (Å²) < 4.78 is 13.3. The van der Waals surface area contributed by atoms with E-state index in [1.54, 1.807) is 6.07 Å². The van der Waals surface area contributed by atoms with E-state index < -0.39 is 13.9 Å². The Morgan fingerprint density at radius 1 is 0.848 bits per heavy atom. The third-order valence-corrected chi connectivity index (χ3v) is 13.5. The first-order chi connectivity index (χ1) is 15.3. The zero-order chi connectivity index (χ0) is 24.5. The fraction of sp³-hybridized carbons (Fsp3) is 0.481. The van der Waals surface area contributed by atoms with Gasteiger partial charge in [0.2, 0.25) is 0 Å². The lowest BCUT2D eigenvalue weighted by Crippen LogP contribution is -2.50. The van der Waals surface area contributed by atoms with Gasteiger partial charge in [-0.2, -0.15) is 0 Å². The van der Waals surface area contributed by atoms with Gasteiger partial charge >= 0.3 is 0 Å². The molecule has 0 aliphatic carbocycles. The molecule has 2 aromatic carbocycles. The lowest BCUT2D eigenvalue weighted by atomic mass is 9.82. The van der Waals surface area contributed by atoms with Crippen molar-refractivity contribution in [3.63, 3.8) is 0 Å². The molecule has 0 fully saturated rings. The molecular weight excluding hydrogens is 430 g/mol. The first-order valence-corrected chi connectivity index (χ1v) is 14.0. The van der Waals surface area contributed by atoms with E-state index in [2.05, 4.69) is 41.5 Å². The maximum atomic E-state index is 13.0. The summed E-state index contributed by atoms with van der Waals surface area (Å²) in [5.41, 5.74) is 4.18. The molecule has 0 spiro atoms. The van der Waals surface area contributed by atoms with Crippen LogP contribution in [-0.2, 0) is 5.60 Å². The molecule has 0 unspecified atom stereocenters. The largest absolute Gasteiger partial charge is 0.543 e. The van der Waals surface area contributed by atoms with Crippen LogP contribution in [0.1, 0.15) is 81.7 Å². The number of hydrogen-bond acceptors (Lipinski definition) is 4. The molecule has 33 heavy (non-hydrogen) atoms. The monoisotopic (exact) mass is 465 g/mol. The van der Waals surface area contributed by atoms with Crippen LogP contribution in [0.2, 0.25) is 16.6 Å². The van der Waals surface area contributed by atoms with Crippen molar-refractivity contribution in [2.24, 2.45) is 0 Å². The minimum Gasteiger partial charge on any atom is -0.543 e. The minimum atomic E-state index is -2.13. The van der Waals surface area contributed by atoms with Crippen LogP contribution in [0.5, 0.6) is 11.5 Å². The Morgan fingerprint density at radius 2 is 1.42 bits per heavy atom. The van der Waals surface area contributed by atoms with E-state index in [0.717, 1.165) is 22.4 Å². The molecule has 0 bridgehead atoms. The van der Waals surface area contributed by atoms with E-state index in [1.807, 2.05) is 38.1 Å². The van der Waals surface area contributed by atoms with Crippen molar-refractivity contribution in [2.45, 2.75) is 77.6 Å². The summed E-state index contributed by atoms with van der Waals surface area (Å²) in [6.07, 6.45) is 0. The van der Waals surface area contributed by atoms with E-state index in [9.17, 15) is 9.59 Å². The van der Waals surface area contributed by atoms with Gasteiger partial charge in [0, 0.05) is 29.8 Å². The van der Waals surface area contributed by atoms with Crippen LogP contribution in [0.25, 0.3) is 11.1 Å². The molecule has 5 nitrogen and oxygen atoms in total. The predicted molar refractivity (Wildman–Crippen MR) is 134 cm³/mol. The second-order valence-corrected chi connectivity index (χ2v) is 16.1. The molecule has 0 saturated heterocycles. The first-order valence-electron chi connectivity index (χ1n) is 11.8. The molecule has 0 aromatic heterocycles. The fourth-order valence-electron chi connectivity index (χ4n) is 5.97. The Balaban J connectivity index is 1.88. The van der Waals surface area contributed by atoms with Crippen LogP contribution < -0.4 is 9.16 Å². The number of carbonyl (C=O) groups excluding carboxylic acids is 2. The highest BCUT2D eigenvalue weighted by Gasteiger charge is 2.47. The van der Waals surface area contributed by atoms with E-state index in [1.165, 1.54) is 11.9 Å². The average Bonchev–Trinajstić information content (AvgIpc) is 2.94. The van der Waals surface area contributed by atoms with Crippen LogP contribution in [0, 0.1) is 0 Å². The summed E-state index contributed by atoms with van der Waals surface area (Å²) in [5, 5.41) is 0. The van der Waals surface area contributed by atoms with Crippen molar-refractivity contribution in [1.82, 2.24) is 4.90 Å². The average molecular weight is 466 g/mol. The SMILES string of the molecule is CC(C)[Si](Oc1ccc2c(c1)OC(C)(C)c1ccc3c(c1-2)C(=O)N(C)C3=O)(C(C)C)C(C)C. The Hall–Kier alpha value is -2.60. The zero-order valence-corrected chi connectivity index (χ0v) is 22.2. The molecule has 2 aromatic rings. The summed E-state index contributed by atoms with van der Waals surface area (Å²) in [6.45, 7) is 17.6. The third kappa shape index (κ3) is 3.33. The van der Waals surface area contributed by atoms with Crippen LogP contribution >= 0.6 is 0 Å². The topological polar surface area (TPSA) is 55.8 Å². The van der Waals surface area contributed by atoms with Crippen molar-refractivity contribution >= 4 is 20.1 Å². The zero-order valence-electron chi connectivity index (χ0n) is 21.2. The van der Waals surface area contributed by atoms with E-state index in [-0.39, 0.29) is 11.8 Å². The lowest BCUT2D eigenvalue weighted by Gasteiger charge is -2.42. The summed E-state index contributed by atoms with van der Waals surface area (Å²) in [4.78, 5) is 26.8. The number of carbonyl (C=O) groups is 2. The predicted octanol–water partition coefficient (Wildman–Crippen LogP) is 6.76. The van der Waals surface area contributed by atoms with E-state index in [0.29, 0.717) is 33.5 Å². The Labute approximate surface area is 198 Å². The van der Waals surface area contributed by atoms with Gasteiger partial charge in [-0.15, -0.1) is 0 Å². The number of nitrogens with zero attached hydrogens (tertiary/aromatic N) is 1. The highest BCUT2D eigenvalue weighted by Crippen LogP contribution is 2.51. The smallest absolute Gasteiger partial charge is 0.261 e. The van der Waals surface area contributed by atoms with Gasteiger partial charge in [-0.3, -0.25) is 14.5 Å². The molecule has 4 rings (SSSR count). The second kappa shape index (κ2) is 7.72. The van der Waals surface area contributed by atoms with Gasteiger partial charge in [0.15, 0.2) is 0 Å². The quantitative estimate of drug-likeness (QED) is 0.361. The molecule has 2 aliphatic heterocycles.